The van der Waals surface area contributed by atoms with Crippen LogP contribution in [0.15, 0.2) is 30.3 Å². The number of nitrogens with zero attached hydrogens (tertiary/aromatic N) is 1. The molecule has 2 atom stereocenters. The summed E-state index contributed by atoms with van der Waals surface area (Å²) in [5.41, 5.74) is 4.59. The van der Waals surface area contributed by atoms with Gasteiger partial charge in [0.1, 0.15) is 0 Å². The van der Waals surface area contributed by atoms with E-state index < -0.39 is 0 Å². The van der Waals surface area contributed by atoms with Gasteiger partial charge in [0.15, 0.2) is 5.11 Å². The van der Waals surface area contributed by atoms with Crippen molar-refractivity contribution in [3.8, 4) is 0 Å². The molecule has 0 amide bonds. The first-order valence-corrected chi connectivity index (χ1v) is 7.55. The Kier molecular flexibility index (Phi) is 5.16. The molecule has 0 aliphatic carbocycles. The van der Waals surface area contributed by atoms with Crippen molar-refractivity contribution in [2.75, 3.05) is 11.9 Å². The van der Waals surface area contributed by atoms with E-state index in [9.17, 15) is 0 Å². The molecule has 1 aliphatic heterocycles. The zero-order valence-electron chi connectivity index (χ0n) is 11.7. The number of hydrogen-bond donors (Lipinski definition) is 2. The van der Waals surface area contributed by atoms with E-state index in [1.54, 1.807) is 0 Å². The summed E-state index contributed by atoms with van der Waals surface area (Å²) in [7, 11) is 0. The number of para-hydroxylation sites is 1. The maximum Gasteiger partial charge on any atom is 0.187 e. The fourth-order valence-corrected chi connectivity index (χ4v) is 2.84. The quantitative estimate of drug-likeness (QED) is 0.825. The van der Waals surface area contributed by atoms with Crippen molar-refractivity contribution in [3.05, 3.63) is 30.3 Å². The number of hydrazine groups is 1. The van der Waals surface area contributed by atoms with Gasteiger partial charge in [-0.3, -0.25) is 5.01 Å². The molecule has 1 saturated heterocycles. The highest BCUT2D eigenvalue weighted by molar-refractivity contribution is 7.80. The van der Waals surface area contributed by atoms with Crippen molar-refractivity contribution in [1.82, 2.24) is 10.4 Å². The van der Waals surface area contributed by atoms with E-state index in [2.05, 4.69) is 29.6 Å². The van der Waals surface area contributed by atoms with Gasteiger partial charge in [-0.2, -0.15) is 0 Å². The van der Waals surface area contributed by atoms with Crippen LogP contribution < -0.4 is 10.7 Å². The van der Waals surface area contributed by atoms with Gasteiger partial charge in [-0.15, -0.1) is 0 Å². The maximum absolute atomic E-state index is 5.49. The van der Waals surface area contributed by atoms with Crippen LogP contribution in [-0.2, 0) is 0 Å². The predicted octanol–water partition coefficient (Wildman–Crippen LogP) is 3.40. The first-order valence-electron chi connectivity index (χ1n) is 7.14. The molecule has 1 aromatic carbocycles. The van der Waals surface area contributed by atoms with Gasteiger partial charge in [0, 0.05) is 18.3 Å². The van der Waals surface area contributed by atoms with Gasteiger partial charge in [0.2, 0.25) is 0 Å². The summed E-state index contributed by atoms with van der Waals surface area (Å²) < 4.78 is 0. The van der Waals surface area contributed by atoms with E-state index in [0.29, 0.717) is 12.0 Å². The molecule has 2 unspecified atom stereocenters. The summed E-state index contributed by atoms with van der Waals surface area (Å²) in [4.78, 5) is 0. The van der Waals surface area contributed by atoms with Gasteiger partial charge in [0.05, 0.1) is 0 Å². The minimum Gasteiger partial charge on any atom is -0.332 e. The van der Waals surface area contributed by atoms with E-state index in [0.717, 1.165) is 17.3 Å². The second-order valence-corrected chi connectivity index (χ2v) is 5.49. The third-order valence-electron chi connectivity index (χ3n) is 3.70. The van der Waals surface area contributed by atoms with Gasteiger partial charge in [0.25, 0.3) is 0 Å². The number of rotatable bonds is 4. The second kappa shape index (κ2) is 6.87. The fourth-order valence-electron chi connectivity index (χ4n) is 2.60. The number of benzene rings is 1. The van der Waals surface area contributed by atoms with Gasteiger partial charge in [-0.1, -0.05) is 38.5 Å². The molecule has 0 spiro atoms. The van der Waals surface area contributed by atoms with Crippen molar-refractivity contribution in [2.24, 2.45) is 5.92 Å². The molecule has 1 aromatic rings. The Morgan fingerprint density at radius 3 is 2.74 bits per heavy atom. The lowest BCUT2D eigenvalue weighted by atomic mass is 9.96. The Labute approximate surface area is 121 Å². The zero-order valence-corrected chi connectivity index (χ0v) is 12.5. The predicted molar refractivity (Wildman–Crippen MR) is 85.0 cm³/mol. The van der Waals surface area contributed by atoms with Gasteiger partial charge in [-0.05, 0) is 43.1 Å². The molecule has 1 fully saturated rings. The number of nitrogens with one attached hydrogen (secondary N) is 2. The Morgan fingerprint density at radius 1 is 1.37 bits per heavy atom. The van der Waals surface area contributed by atoms with Crippen LogP contribution in [0.4, 0.5) is 5.69 Å². The lowest BCUT2D eigenvalue weighted by Crippen LogP contribution is -2.42. The standard InChI is InChI=1S/C15H23N3S/c1-3-8-14-12(4-2)11-18(17-14)15(19)16-13-9-6-5-7-10-13/h5-7,9-10,12,14,17H,3-4,8,11H2,1-2H3,(H,16,19). The highest BCUT2D eigenvalue weighted by Crippen LogP contribution is 2.22. The van der Waals surface area contributed by atoms with Crippen LogP contribution in [0.5, 0.6) is 0 Å². The van der Waals surface area contributed by atoms with Gasteiger partial charge in [-0.25, -0.2) is 5.43 Å². The molecular weight excluding hydrogens is 254 g/mol. The Hall–Kier alpha value is -1.13. The normalized spacial score (nSPS) is 22.5. The Morgan fingerprint density at radius 2 is 2.11 bits per heavy atom. The fraction of sp³-hybridized carbons (Fsp3) is 0.533. The molecule has 0 aromatic heterocycles. The summed E-state index contributed by atoms with van der Waals surface area (Å²) in [6.45, 7) is 5.49. The van der Waals surface area contributed by atoms with Crippen LogP contribution in [0.2, 0.25) is 0 Å². The molecule has 0 saturated carbocycles. The summed E-state index contributed by atoms with van der Waals surface area (Å²) in [6, 6.07) is 10.7. The van der Waals surface area contributed by atoms with E-state index in [1.807, 2.05) is 30.3 Å². The lowest BCUT2D eigenvalue weighted by molar-refractivity contribution is 0.359. The average Bonchev–Trinajstić information content (AvgIpc) is 2.83. The van der Waals surface area contributed by atoms with E-state index in [1.165, 1.54) is 19.3 Å². The van der Waals surface area contributed by atoms with Crippen LogP contribution in [0.25, 0.3) is 0 Å². The van der Waals surface area contributed by atoms with Crippen LogP contribution >= 0.6 is 12.2 Å². The average molecular weight is 277 g/mol. The maximum atomic E-state index is 5.49. The highest BCUT2D eigenvalue weighted by Gasteiger charge is 2.31. The van der Waals surface area contributed by atoms with Crippen LogP contribution in [0, 0.1) is 5.92 Å². The van der Waals surface area contributed by atoms with Gasteiger partial charge >= 0.3 is 0 Å². The SMILES string of the molecule is CCCC1NN(C(=S)Nc2ccccc2)CC1CC. The summed E-state index contributed by atoms with van der Waals surface area (Å²) in [6.07, 6.45) is 3.62. The molecule has 19 heavy (non-hydrogen) atoms. The molecule has 104 valence electrons. The second-order valence-electron chi connectivity index (χ2n) is 5.10. The highest BCUT2D eigenvalue weighted by atomic mass is 32.1. The van der Waals surface area contributed by atoms with Crippen molar-refractivity contribution < 1.29 is 0 Å². The van der Waals surface area contributed by atoms with E-state index in [4.69, 9.17) is 12.2 Å². The number of anilines is 1. The Bertz CT molecular complexity index is 407. The zero-order chi connectivity index (χ0) is 13.7. The van der Waals surface area contributed by atoms with E-state index in [-0.39, 0.29) is 0 Å². The summed E-state index contributed by atoms with van der Waals surface area (Å²) in [5, 5.41) is 6.15. The van der Waals surface area contributed by atoms with Crippen LogP contribution in [0.3, 0.4) is 0 Å². The summed E-state index contributed by atoms with van der Waals surface area (Å²) >= 11 is 5.49. The number of thiocarbonyl (C=S) groups is 1. The molecule has 1 heterocycles. The molecule has 0 bridgehead atoms. The molecule has 1 aliphatic rings. The topological polar surface area (TPSA) is 27.3 Å². The van der Waals surface area contributed by atoms with Crippen molar-refractivity contribution in [3.63, 3.8) is 0 Å². The van der Waals surface area contributed by atoms with Crippen molar-refractivity contribution >= 4 is 23.0 Å². The molecular formula is C15H23N3S. The van der Waals surface area contributed by atoms with E-state index >= 15 is 0 Å². The molecule has 2 rings (SSSR count). The third-order valence-corrected chi connectivity index (χ3v) is 4.02. The first-order chi connectivity index (χ1) is 9.24. The first kappa shape index (κ1) is 14.3. The Balaban J connectivity index is 1.93. The minimum atomic E-state index is 0.561. The lowest BCUT2D eigenvalue weighted by Gasteiger charge is -2.21. The molecule has 3 nitrogen and oxygen atoms in total. The van der Waals surface area contributed by atoms with Crippen molar-refractivity contribution in [1.29, 1.82) is 0 Å². The van der Waals surface area contributed by atoms with Crippen molar-refractivity contribution in [2.45, 2.75) is 39.2 Å². The third kappa shape index (κ3) is 3.67. The molecule has 4 heteroatoms. The molecule has 2 N–H and O–H groups in total. The van der Waals surface area contributed by atoms with Gasteiger partial charge < -0.3 is 5.32 Å². The number of hydrogen-bond acceptors (Lipinski definition) is 2. The smallest absolute Gasteiger partial charge is 0.187 e. The van der Waals surface area contributed by atoms with Crippen LogP contribution in [-0.4, -0.2) is 22.7 Å². The summed E-state index contributed by atoms with van der Waals surface area (Å²) in [5.74, 6) is 0.690. The minimum absolute atomic E-state index is 0.561. The molecule has 0 radical (unpaired) electrons. The largest absolute Gasteiger partial charge is 0.332 e. The monoisotopic (exact) mass is 277 g/mol. The van der Waals surface area contributed by atoms with Crippen LogP contribution in [0.1, 0.15) is 33.1 Å².